The molecule has 0 spiro atoms. The van der Waals surface area contributed by atoms with Gasteiger partial charge in [0.25, 0.3) is 5.91 Å². The van der Waals surface area contributed by atoms with Crippen molar-refractivity contribution in [3.05, 3.63) is 23.8 Å². The van der Waals surface area contributed by atoms with Crippen molar-refractivity contribution in [3.8, 4) is 11.5 Å². The fourth-order valence-corrected chi connectivity index (χ4v) is 1.59. The number of carbonyl (C=O) groups excluding carboxylic acids is 2. The number of imide groups is 1. The summed E-state index contributed by atoms with van der Waals surface area (Å²) >= 11 is 0. The molecule has 0 bridgehead atoms. The number of carbonyl (C=O) groups is 2. The van der Waals surface area contributed by atoms with Gasteiger partial charge in [-0.25, -0.2) is 4.79 Å². The molecule has 0 aliphatic heterocycles. The number of primary amides is 1. The Bertz CT molecular complexity index is 505. The second-order valence-corrected chi connectivity index (χ2v) is 4.44. The number of benzene rings is 1. The number of amides is 3. The van der Waals surface area contributed by atoms with Crippen LogP contribution in [0.1, 0.15) is 25.8 Å². The maximum Gasteiger partial charge on any atom is 0.318 e. The van der Waals surface area contributed by atoms with Gasteiger partial charge in [0.15, 0.2) is 6.10 Å². The van der Waals surface area contributed by atoms with Crippen molar-refractivity contribution in [1.29, 1.82) is 0 Å². The maximum absolute atomic E-state index is 11.6. The summed E-state index contributed by atoms with van der Waals surface area (Å²) in [6.07, 6.45) is -0.00378. The van der Waals surface area contributed by atoms with Crippen molar-refractivity contribution in [1.82, 2.24) is 5.32 Å². The molecule has 1 rings (SSSR count). The van der Waals surface area contributed by atoms with Crippen molar-refractivity contribution < 1.29 is 19.1 Å². The van der Waals surface area contributed by atoms with Gasteiger partial charge in [0, 0.05) is 18.2 Å². The van der Waals surface area contributed by atoms with Crippen LogP contribution in [0.3, 0.4) is 0 Å². The quantitative estimate of drug-likeness (QED) is 0.691. The van der Waals surface area contributed by atoms with Crippen molar-refractivity contribution >= 4 is 11.9 Å². The standard InChI is InChI=1S/C14H21N3O4/c1-3-6-20-11-5-4-10(8-15)12(7-11)21-9(2)13(18)17-14(16)19/h4-5,7,9H,3,6,8,15H2,1-2H3,(H3,16,17,18,19). The Balaban J connectivity index is 2.83. The number of urea groups is 1. The SMILES string of the molecule is CCCOc1ccc(CN)c(OC(C)C(=O)NC(N)=O)c1. The van der Waals surface area contributed by atoms with E-state index in [-0.39, 0.29) is 6.54 Å². The molecule has 0 aliphatic rings. The van der Waals surface area contributed by atoms with Gasteiger partial charge in [0.05, 0.1) is 6.61 Å². The molecule has 0 aliphatic carbocycles. The number of hydrogen-bond donors (Lipinski definition) is 3. The lowest BCUT2D eigenvalue weighted by atomic mass is 10.2. The third-order valence-corrected chi connectivity index (χ3v) is 2.65. The first-order chi connectivity index (χ1) is 9.97. The molecule has 1 aromatic rings. The fraction of sp³-hybridized carbons (Fsp3) is 0.429. The normalized spacial score (nSPS) is 11.6. The van der Waals surface area contributed by atoms with Crippen LogP contribution < -0.4 is 26.3 Å². The second kappa shape index (κ2) is 8.11. The molecule has 0 radical (unpaired) electrons. The van der Waals surface area contributed by atoms with E-state index in [1.54, 1.807) is 18.2 Å². The van der Waals surface area contributed by atoms with Gasteiger partial charge in [-0.15, -0.1) is 0 Å². The first-order valence-corrected chi connectivity index (χ1v) is 6.70. The Morgan fingerprint density at radius 2 is 2.10 bits per heavy atom. The number of ether oxygens (including phenoxy) is 2. The largest absolute Gasteiger partial charge is 0.493 e. The van der Waals surface area contributed by atoms with Gasteiger partial charge in [0.2, 0.25) is 0 Å². The predicted molar refractivity (Wildman–Crippen MR) is 77.9 cm³/mol. The van der Waals surface area contributed by atoms with Gasteiger partial charge in [-0.05, 0) is 19.4 Å². The number of nitrogens with one attached hydrogen (secondary N) is 1. The highest BCUT2D eigenvalue weighted by Gasteiger charge is 2.18. The highest BCUT2D eigenvalue weighted by molar-refractivity contribution is 5.95. The molecule has 0 saturated heterocycles. The van der Waals surface area contributed by atoms with Crippen LogP contribution in [0.5, 0.6) is 11.5 Å². The minimum atomic E-state index is -0.922. The van der Waals surface area contributed by atoms with Crippen molar-refractivity contribution in [2.45, 2.75) is 32.9 Å². The van der Waals surface area contributed by atoms with Crippen LogP contribution in [0.2, 0.25) is 0 Å². The van der Waals surface area contributed by atoms with E-state index in [1.165, 1.54) is 6.92 Å². The van der Waals surface area contributed by atoms with Crippen LogP contribution in [0.15, 0.2) is 18.2 Å². The zero-order chi connectivity index (χ0) is 15.8. The smallest absolute Gasteiger partial charge is 0.318 e. The zero-order valence-corrected chi connectivity index (χ0v) is 12.2. The molecule has 0 saturated carbocycles. The molecule has 7 heteroatoms. The maximum atomic E-state index is 11.6. The molecule has 0 heterocycles. The molecule has 21 heavy (non-hydrogen) atoms. The fourth-order valence-electron chi connectivity index (χ4n) is 1.59. The number of nitrogens with two attached hydrogens (primary N) is 2. The van der Waals surface area contributed by atoms with Gasteiger partial charge < -0.3 is 20.9 Å². The summed E-state index contributed by atoms with van der Waals surface area (Å²) in [5, 5.41) is 1.96. The van der Waals surface area contributed by atoms with Gasteiger partial charge in [0.1, 0.15) is 11.5 Å². The molecule has 1 unspecified atom stereocenters. The second-order valence-electron chi connectivity index (χ2n) is 4.44. The highest BCUT2D eigenvalue weighted by Crippen LogP contribution is 2.26. The molecule has 5 N–H and O–H groups in total. The molecule has 116 valence electrons. The monoisotopic (exact) mass is 295 g/mol. The Kier molecular flexibility index (Phi) is 6.48. The van der Waals surface area contributed by atoms with E-state index in [1.807, 2.05) is 12.2 Å². The molecule has 0 fully saturated rings. The van der Waals surface area contributed by atoms with E-state index in [9.17, 15) is 9.59 Å². The summed E-state index contributed by atoms with van der Waals surface area (Å²) < 4.78 is 11.0. The third kappa shape index (κ3) is 5.31. The van der Waals surface area contributed by atoms with Crippen molar-refractivity contribution in [3.63, 3.8) is 0 Å². The van der Waals surface area contributed by atoms with Crippen LogP contribution in [-0.2, 0) is 11.3 Å². The van der Waals surface area contributed by atoms with Gasteiger partial charge in [-0.1, -0.05) is 13.0 Å². The van der Waals surface area contributed by atoms with Crippen LogP contribution in [0, 0.1) is 0 Å². The first kappa shape index (κ1) is 16.8. The lowest BCUT2D eigenvalue weighted by Gasteiger charge is -2.17. The van der Waals surface area contributed by atoms with E-state index in [0.717, 1.165) is 12.0 Å². The van der Waals surface area contributed by atoms with Crippen LogP contribution in [0.25, 0.3) is 0 Å². The molecule has 1 aromatic carbocycles. The number of hydrogen-bond acceptors (Lipinski definition) is 5. The summed E-state index contributed by atoms with van der Waals surface area (Å²) in [5.41, 5.74) is 11.3. The van der Waals surface area contributed by atoms with E-state index in [4.69, 9.17) is 20.9 Å². The van der Waals surface area contributed by atoms with E-state index < -0.39 is 18.0 Å². The average Bonchev–Trinajstić information content (AvgIpc) is 2.44. The minimum absolute atomic E-state index is 0.257. The molecular formula is C14H21N3O4. The van der Waals surface area contributed by atoms with Gasteiger partial charge in [-0.2, -0.15) is 0 Å². The lowest BCUT2D eigenvalue weighted by molar-refractivity contribution is -0.126. The van der Waals surface area contributed by atoms with Gasteiger partial charge in [-0.3, -0.25) is 10.1 Å². The van der Waals surface area contributed by atoms with Crippen molar-refractivity contribution in [2.24, 2.45) is 11.5 Å². The molecule has 3 amide bonds. The summed E-state index contributed by atoms with van der Waals surface area (Å²) in [7, 11) is 0. The Morgan fingerprint density at radius 1 is 1.38 bits per heavy atom. The molecule has 7 nitrogen and oxygen atoms in total. The molecular weight excluding hydrogens is 274 g/mol. The average molecular weight is 295 g/mol. The number of rotatable bonds is 7. The Morgan fingerprint density at radius 3 is 2.67 bits per heavy atom. The zero-order valence-electron chi connectivity index (χ0n) is 12.2. The van der Waals surface area contributed by atoms with E-state index in [0.29, 0.717) is 18.1 Å². The predicted octanol–water partition coefficient (Wildman–Crippen LogP) is 0.896. The van der Waals surface area contributed by atoms with Crippen molar-refractivity contribution in [2.75, 3.05) is 6.61 Å². The molecule has 1 atom stereocenters. The summed E-state index contributed by atoms with van der Waals surface area (Å²) in [6, 6.07) is 4.32. The van der Waals surface area contributed by atoms with Crippen LogP contribution in [0.4, 0.5) is 4.79 Å². The molecule has 0 aromatic heterocycles. The van der Waals surface area contributed by atoms with E-state index in [2.05, 4.69) is 0 Å². The first-order valence-electron chi connectivity index (χ1n) is 6.70. The van der Waals surface area contributed by atoms with Crippen LogP contribution in [-0.4, -0.2) is 24.6 Å². The Labute approximate surface area is 123 Å². The van der Waals surface area contributed by atoms with Gasteiger partial charge >= 0.3 is 6.03 Å². The van der Waals surface area contributed by atoms with E-state index >= 15 is 0 Å². The third-order valence-electron chi connectivity index (χ3n) is 2.65. The summed E-state index contributed by atoms with van der Waals surface area (Å²) in [6.45, 7) is 4.35. The highest BCUT2D eigenvalue weighted by atomic mass is 16.5. The Hall–Kier alpha value is -2.28. The summed E-state index contributed by atoms with van der Waals surface area (Å²) in [5.74, 6) is 0.454. The van der Waals surface area contributed by atoms with Crippen LogP contribution >= 0.6 is 0 Å². The minimum Gasteiger partial charge on any atom is -0.493 e. The summed E-state index contributed by atoms with van der Waals surface area (Å²) in [4.78, 5) is 22.3. The lowest BCUT2D eigenvalue weighted by Crippen LogP contribution is -2.42. The topological polar surface area (TPSA) is 117 Å².